The summed E-state index contributed by atoms with van der Waals surface area (Å²) in [5.41, 5.74) is 2.08. The Kier molecular flexibility index (Phi) is 5.89. The number of rotatable bonds is 6. The van der Waals surface area contributed by atoms with Crippen molar-refractivity contribution in [1.29, 1.82) is 0 Å². The molecule has 0 aliphatic carbocycles. The largest absolute Gasteiger partial charge is 0.495 e. The predicted molar refractivity (Wildman–Crippen MR) is 87.4 cm³/mol. The van der Waals surface area contributed by atoms with Gasteiger partial charge in [-0.05, 0) is 42.3 Å². The summed E-state index contributed by atoms with van der Waals surface area (Å²) in [5.74, 6) is -0.885. The van der Waals surface area contributed by atoms with Crippen molar-refractivity contribution in [2.24, 2.45) is 0 Å². The fraction of sp³-hybridized carbons (Fsp3) is 0.222. The predicted octanol–water partition coefficient (Wildman–Crippen LogP) is 2.87. The normalized spacial score (nSPS) is 10.1. The molecule has 5 nitrogen and oxygen atoms in total. The molecule has 2 aromatic carbocycles. The second-order valence-electron chi connectivity index (χ2n) is 5.22. The minimum atomic E-state index is -0.562. The second kappa shape index (κ2) is 8.10. The Bertz CT molecular complexity index is 728. The maximum absolute atomic E-state index is 12.8. The molecule has 0 spiro atoms. The van der Waals surface area contributed by atoms with Gasteiger partial charge in [-0.1, -0.05) is 18.2 Å². The minimum Gasteiger partial charge on any atom is -0.495 e. The Morgan fingerprint density at radius 1 is 1.12 bits per heavy atom. The fourth-order valence-corrected chi connectivity index (χ4v) is 2.07. The van der Waals surface area contributed by atoms with Crippen LogP contribution in [0.25, 0.3) is 0 Å². The number of hydrogen-bond acceptors (Lipinski definition) is 4. The van der Waals surface area contributed by atoms with E-state index in [1.165, 1.54) is 31.4 Å². The quantitative estimate of drug-likeness (QED) is 0.827. The first-order chi connectivity index (χ1) is 11.5. The van der Waals surface area contributed by atoms with E-state index in [2.05, 4.69) is 5.32 Å². The first kappa shape index (κ1) is 17.5. The third-order valence-electron chi connectivity index (χ3n) is 3.26. The van der Waals surface area contributed by atoms with Crippen LogP contribution in [0.15, 0.2) is 42.5 Å². The Hall–Kier alpha value is -2.89. The number of benzene rings is 2. The van der Waals surface area contributed by atoms with Gasteiger partial charge in [-0.2, -0.15) is 0 Å². The molecule has 24 heavy (non-hydrogen) atoms. The van der Waals surface area contributed by atoms with Crippen LogP contribution in [0.2, 0.25) is 0 Å². The van der Waals surface area contributed by atoms with E-state index in [1.54, 1.807) is 12.1 Å². The number of carbonyl (C=O) groups excluding carboxylic acids is 2. The molecule has 0 atom stereocenters. The van der Waals surface area contributed by atoms with Crippen molar-refractivity contribution in [1.82, 2.24) is 0 Å². The SMILES string of the molecule is COc1ccc(C)cc1NC(=O)COC(=O)Cc1ccc(F)cc1. The molecule has 126 valence electrons. The van der Waals surface area contributed by atoms with Gasteiger partial charge in [-0.25, -0.2) is 4.39 Å². The number of esters is 1. The van der Waals surface area contributed by atoms with Crippen LogP contribution < -0.4 is 10.1 Å². The van der Waals surface area contributed by atoms with Gasteiger partial charge in [0, 0.05) is 0 Å². The van der Waals surface area contributed by atoms with Crippen LogP contribution in [-0.4, -0.2) is 25.6 Å². The lowest BCUT2D eigenvalue weighted by Crippen LogP contribution is -2.22. The summed E-state index contributed by atoms with van der Waals surface area (Å²) in [4.78, 5) is 23.6. The average Bonchev–Trinajstić information content (AvgIpc) is 2.55. The number of carbonyl (C=O) groups is 2. The van der Waals surface area contributed by atoms with Crippen LogP contribution in [0, 0.1) is 12.7 Å². The highest BCUT2D eigenvalue weighted by atomic mass is 19.1. The van der Waals surface area contributed by atoms with E-state index < -0.39 is 18.5 Å². The number of anilines is 1. The molecule has 1 N–H and O–H groups in total. The van der Waals surface area contributed by atoms with Crippen LogP contribution in [0.1, 0.15) is 11.1 Å². The van der Waals surface area contributed by atoms with E-state index in [1.807, 2.05) is 13.0 Å². The van der Waals surface area contributed by atoms with Crippen LogP contribution in [0.4, 0.5) is 10.1 Å². The lowest BCUT2D eigenvalue weighted by molar-refractivity contribution is -0.146. The summed E-state index contributed by atoms with van der Waals surface area (Å²) in [6.07, 6.45) is -0.0265. The van der Waals surface area contributed by atoms with Gasteiger partial charge in [-0.15, -0.1) is 0 Å². The van der Waals surface area contributed by atoms with Crippen molar-refractivity contribution >= 4 is 17.6 Å². The summed E-state index contributed by atoms with van der Waals surface area (Å²) in [5, 5.41) is 2.64. The van der Waals surface area contributed by atoms with Crippen LogP contribution in [0.5, 0.6) is 5.75 Å². The van der Waals surface area contributed by atoms with Gasteiger partial charge in [0.1, 0.15) is 11.6 Å². The van der Waals surface area contributed by atoms with E-state index in [0.29, 0.717) is 17.0 Å². The maximum atomic E-state index is 12.8. The van der Waals surface area contributed by atoms with Gasteiger partial charge in [0.25, 0.3) is 5.91 Å². The van der Waals surface area contributed by atoms with E-state index >= 15 is 0 Å². The molecule has 0 saturated carbocycles. The summed E-state index contributed by atoms with van der Waals surface area (Å²) in [7, 11) is 1.50. The molecule has 1 amide bonds. The first-order valence-electron chi connectivity index (χ1n) is 7.32. The highest BCUT2D eigenvalue weighted by Crippen LogP contribution is 2.25. The van der Waals surface area contributed by atoms with E-state index in [-0.39, 0.29) is 12.2 Å². The van der Waals surface area contributed by atoms with Gasteiger partial charge in [0.05, 0.1) is 19.2 Å². The molecular formula is C18H18FNO4. The minimum absolute atomic E-state index is 0.0265. The molecule has 2 rings (SSSR count). The molecule has 0 saturated heterocycles. The van der Waals surface area contributed by atoms with Gasteiger partial charge < -0.3 is 14.8 Å². The number of aryl methyl sites for hydroxylation is 1. The van der Waals surface area contributed by atoms with E-state index in [9.17, 15) is 14.0 Å². The van der Waals surface area contributed by atoms with Crippen molar-refractivity contribution in [2.45, 2.75) is 13.3 Å². The lowest BCUT2D eigenvalue weighted by atomic mass is 10.1. The van der Waals surface area contributed by atoms with E-state index in [0.717, 1.165) is 5.56 Å². The zero-order valence-electron chi connectivity index (χ0n) is 13.5. The van der Waals surface area contributed by atoms with Crippen LogP contribution >= 0.6 is 0 Å². The Balaban J connectivity index is 1.85. The highest BCUT2D eigenvalue weighted by molar-refractivity contribution is 5.94. The van der Waals surface area contributed by atoms with Crippen molar-refractivity contribution in [2.75, 3.05) is 19.0 Å². The number of nitrogens with one attached hydrogen (secondary N) is 1. The molecule has 0 radical (unpaired) electrons. The third-order valence-corrected chi connectivity index (χ3v) is 3.26. The Labute approximate surface area is 139 Å². The molecule has 0 bridgehead atoms. The number of ether oxygens (including phenoxy) is 2. The molecule has 2 aromatic rings. The van der Waals surface area contributed by atoms with Gasteiger partial charge in [-0.3, -0.25) is 9.59 Å². The highest BCUT2D eigenvalue weighted by Gasteiger charge is 2.11. The van der Waals surface area contributed by atoms with Crippen molar-refractivity contribution in [3.05, 3.63) is 59.4 Å². The molecule has 0 heterocycles. The zero-order valence-corrected chi connectivity index (χ0v) is 13.5. The summed E-state index contributed by atoms with van der Waals surface area (Å²) in [6, 6.07) is 10.9. The molecule has 6 heteroatoms. The smallest absolute Gasteiger partial charge is 0.310 e. The second-order valence-corrected chi connectivity index (χ2v) is 5.22. The number of methoxy groups -OCH3 is 1. The Morgan fingerprint density at radius 3 is 2.50 bits per heavy atom. The molecule has 0 aromatic heterocycles. The van der Waals surface area contributed by atoms with Crippen molar-refractivity contribution < 1.29 is 23.5 Å². The molecule has 0 unspecified atom stereocenters. The molecule has 0 fully saturated rings. The van der Waals surface area contributed by atoms with Gasteiger partial charge in [0.15, 0.2) is 6.61 Å². The van der Waals surface area contributed by atoms with Gasteiger partial charge >= 0.3 is 5.97 Å². The monoisotopic (exact) mass is 331 g/mol. The first-order valence-corrected chi connectivity index (χ1v) is 7.32. The topological polar surface area (TPSA) is 64.6 Å². The molecule has 0 aliphatic rings. The summed E-state index contributed by atoms with van der Waals surface area (Å²) in [6.45, 7) is 1.48. The number of halogens is 1. The van der Waals surface area contributed by atoms with Crippen LogP contribution in [-0.2, 0) is 20.7 Å². The average molecular weight is 331 g/mol. The summed E-state index contributed by atoms with van der Waals surface area (Å²) < 4.78 is 22.9. The fourth-order valence-electron chi connectivity index (χ4n) is 2.07. The van der Waals surface area contributed by atoms with E-state index in [4.69, 9.17) is 9.47 Å². The standard InChI is InChI=1S/C18H18FNO4/c1-12-3-8-16(23-2)15(9-12)20-17(21)11-24-18(22)10-13-4-6-14(19)7-5-13/h3-9H,10-11H2,1-2H3,(H,20,21). The van der Waals surface area contributed by atoms with Crippen LogP contribution in [0.3, 0.4) is 0 Å². The molecule has 0 aliphatic heterocycles. The summed E-state index contributed by atoms with van der Waals surface area (Å²) >= 11 is 0. The van der Waals surface area contributed by atoms with Gasteiger partial charge in [0.2, 0.25) is 0 Å². The van der Waals surface area contributed by atoms with Crippen molar-refractivity contribution in [3.8, 4) is 5.75 Å². The Morgan fingerprint density at radius 2 is 1.83 bits per heavy atom. The number of hydrogen-bond donors (Lipinski definition) is 1. The maximum Gasteiger partial charge on any atom is 0.310 e. The van der Waals surface area contributed by atoms with Crippen molar-refractivity contribution in [3.63, 3.8) is 0 Å². The third kappa shape index (κ3) is 5.08. The molecular weight excluding hydrogens is 313 g/mol. The number of amides is 1. The lowest BCUT2D eigenvalue weighted by Gasteiger charge is -2.11. The zero-order chi connectivity index (χ0) is 17.5.